The lowest BCUT2D eigenvalue weighted by molar-refractivity contribution is -0.132. The van der Waals surface area contributed by atoms with Crippen LogP contribution in [0.5, 0.6) is 0 Å². The highest BCUT2D eigenvalue weighted by molar-refractivity contribution is 5.79. The third-order valence-electron chi connectivity index (χ3n) is 5.05. The average Bonchev–Trinajstić information content (AvgIpc) is 3.19. The molecule has 1 atom stereocenters. The number of hydrogen-bond donors (Lipinski definition) is 0. The first-order valence-electron chi connectivity index (χ1n) is 9.25. The highest BCUT2D eigenvalue weighted by atomic mass is 16.2. The third-order valence-corrected chi connectivity index (χ3v) is 5.05. The number of aromatic nitrogens is 4. The zero-order valence-corrected chi connectivity index (χ0v) is 15.8. The predicted molar refractivity (Wildman–Crippen MR) is 97.3 cm³/mol. The Morgan fingerprint density at radius 1 is 1.36 bits per heavy atom. The summed E-state index contributed by atoms with van der Waals surface area (Å²) in [6.45, 7) is 10.9. The van der Waals surface area contributed by atoms with Crippen molar-refractivity contribution in [1.82, 2.24) is 24.5 Å². The molecule has 0 bridgehead atoms. The van der Waals surface area contributed by atoms with Crippen molar-refractivity contribution < 1.29 is 4.79 Å². The van der Waals surface area contributed by atoms with Gasteiger partial charge in [-0.1, -0.05) is 13.8 Å². The van der Waals surface area contributed by atoms with Crippen molar-refractivity contribution in [3.63, 3.8) is 0 Å². The number of carbonyl (C=O) groups excluding carboxylic acids is 1. The van der Waals surface area contributed by atoms with E-state index in [1.165, 1.54) is 0 Å². The maximum atomic E-state index is 12.9. The Balaban J connectivity index is 1.69. The fraction of sp³-hybridized carbons (Fsp3) is 0.632. The summed E-state index contributed by atoms with van der Waals surface area (Å²) in [5, 5.41) is 8.98. The number of likely N-dealkylation sites (tertiary alicyclic amines) is 1. The van der Waals surface area contributed by atoms with Crippen molar-refractivity contribution in [2.75, 3.05) is 13.1 Å². The van der Waals surface area contributed by atoms with Crippen LogP contribution in [0.4, 0.5) is 0 Å². The molecule has 1 fully saturated rings. The van der Waals surface area contributed by atoms with Crippen LogP contribution < -0.4 is 0 Å². The van der Waals surface area contributed by atoms with Crippen molar-refractivity contribution in [2.45, 2.75) is 59.5 Å². The number of rotatable bonds is 5. The van der Waals surface area contributed by atoms with Crippen LogP contribution >= 0.6 is 0 Å². The molecule has 136 valence electrons. The van der Waals surface area contributed by atoms with Gasteiger partial charge in [0.25, 0.3) is 0 Å². The Morgan fingerprint density at radius 2 is 2.16 bits per heavy atom. The van der Waals surface area contributed by atoms with Crippen LogP contribution in [0.25, 0.3) is 0 Å². The van der Waals surface area contributed by atoms with Crippen molar-refractivity contribution in [1.29, 1.82) is 0 Å². The van der Waals surface area contributed by atoms with Gasteiger partial charge in [-0.25, -0.2) is 0 Å². The molecule has 25 heavy (non-hydrogen) atoms. The van der Waals surface area contributed by atoms with Gasteiger partial charge in [-0.2, -0.15) is 10.2 Å². The molecule has 6 heteroatoms. The summed E-state index contributed by atoms with van der Waals surface area (Å²) < 4.78 is 4.03. The zero-order chi connectivity index (χ0) is 18.0. The van der Waals surface area contributed by atoms with Crippen molar-refractivity contribution in [2.24, 2.45) is 5.92 Å². The van der Waals surface area contributed by atoms with Crippen LogP contribution in [0, 0.1) is 19.8 Å². The molecule has 3 heterocycles. The molecule has 6 nitrogen and oxygen atoms in total. The van der Waals surface area contributed by atoms with E-state index in [9.17, 15) is 4.79 Å². The van der Waals surface area contributed by atoms with Crippen molar-refractivity contribution in [3.8, 4) is 0 Å². The number of hydrogen-bond acceptors (Lipinski definition) is 3. The Bertz CT molecular complexity index is 717. The molecule has 2 aromatic heterocycles. The molecule has 1 aliphatic heterocycles. The Labute approximate surface area is 149 Å². The fourth-order valence-corrected chi connectivity index (χ4v) is 3.67. The van der Waals surface area contributed by atoms with E-state index >= 15 is 0 Å². The summed E-state index contributed by atoms with van der Waals surface area (Å²) in [5.74, 6) is 0.741. The Hall–Kier alpha value is -2.11. The molecule has 0 saturated carbocycles. The number of amides is 1. The van der Waals surface area contributed by atoms with Gasteiger partial charge in [0.2, 0.25) is 5.91 Å². The van der Waals surface area contributed by atoms with Gasteiger partial charge in [-0.15, -0.1) is 0 Å². The first kappa shape index (κ1) is 17.7. The fourth-order valence-electron chi connectivity index (χ4n) is 3.67. The molecule has 2 aromatic rings. The van der Waals surface area contributed by atoms with Gasteiger partial charge in [0.1, 0.15) is 0 Å². The number of carbonyl (C=O) groups is 1. The van der Waals surface area contributed by atoms with E-state index in [0.717, 1.165) is 49.4 Å². The molecular formula is C19H29N5O. The minimum atomic E-state index is 0.201. The van der Waals surface area contributed by atoms with Crippen molar-refractivity contribution in [3.05, 3.63) is 35.4 Å². The lowest BCUT2D eigenvalue weighted by atomic mass is 10.0. The van der Waals surface area contributed by atoms with Crippen LogP contribution in [0.15, 0.2) is 18.5 Å². The third kappa shape index (κ3) is 3.94. The first-order valence-corrected chi connectivity index (χ1v) is 9.25. The molecule has 0 unspecified atom stereocenters. The average molecular weight is 343 g/mol. The summed E-state index contributed by atoms with van der Waals surface area (Å²) >= 11 is 0. The van der Waals surface area contributed by atoms with Gasteiger partial charge in [-0.3, -0.25) is 14.2 Å². The van der Waals surface area contributed by atoms with E-state index in [0.29, 0.717) is 18.4 Å². The van der Waals surface area contributed by atoms with Crippen LogP contribution in [-0.2, 0) is 17.8 Å². The maximum Gasteiger partial charge on any atom is 0.227 e. The van der Waals surface area contributed by atoms with Crippen LogP contribution in [-0.4, -0.2) is 43.5 Å². The predicted octanol–water partition coefficient (Wildman–Crippen LogP) is 2.76. The summed E-state index contributed by atoms with van der Waals surface area (Å²) in [4.78, 5) is 14.9. The molecule has 0 spiro atoms. The summed E-state index contributed by atoms with van der Waals surface area (Å²) in [6.07, 6.45) is 6.34. The van der Waals surface area contributed by atoms with Crippen LogP contribution in [0.2, 0.25) is 0 Å². The second-order valence-electron chi connectivity index (χ2n) is 7.52. The normalized spacial score (nSPS) is 18.1. The second-order valence-corrected chi connectivity index (χ2v) is 7.52. The lowest BCUT2D eigenvalue weighted by Crippen LogP contribution is -2.41. The van der Waals surface area contributed by atoms with E-state index < -0.39 is 0 Å². The number of aryl methyl sites for hydroxylation is 1. The summed E-state index contributed by atoms with van der Waals surface area (Å²) in [5.41, 5.74) is 3.19. The SMILES string of the molecule is Cc1nn(CC(C)C)c(C)c1CC(=O)N1CCC[C@@H](n2cccn2)C1. The van der Waals surface area contributed by atoms with Gasteiger partial charge in [0.05, 0.1) is 18.2 Å². The smallest absolute Gasteiger partial charge is 0.227 e. The monoisotopic (exact) mass is 343 g/mol. The van der Waals surface area contributed by atoms with E-state index in [1.54, 1.807) is 6.20 Å². The van der Waals surface area contributed by atoms with E-state index in [2.05, 4.69) is 31.0 Å². The quantitative estimate of drug-likeness (QED) is 0.839. The molecule has 3 rings (SSSR count). The largest absolute Gasteiger partial charge is 0.340 e. The first-order chi connectivity index (χ1) is 12.0. The van der Waals surface area contributed by atoms with Crippen LogP contribution in [0.3, 0.4) is 0 Å². The molecule has 0 radical (unpaired) electrons. The van der Waals surface area contributed by atoms with Gasteiger partial charge in [0, 0.05) is 43.3 Å². The van der Waals surface area contributed by atoms with Gasteiger partial charge >= 0.3 is 0 Å². The molecule has 0 aliphatic carbocycles. The zero-order valence-electron chi connectivity index (χ0n) is 15.8. The van der Waals surface area contributed by atoms with E-state index in [4.69, 9.17) is 0 Å². The second kappa shape index (κ2) is 7.42. The number of piperidine rings is 1. The van der Waals surface area contributed by atoms with Gasteiger partial charge in [-0.05, 0) is 38.7 Å². The summed E-state index contributed by atoms with van der Waals surface area (Å²) in [7, 11) is 0. The van der Waals surface area contributed by atoms with Crippen LogP contribution in [0.1, 0.15) is 49.7 Å². The molecule has 0 N–H and O–H groups in total. The molecule has 0 aromatic carbocycles. The highest BCUT2D eigenvalue weighted by Crippen LogP contribution is 2.22. The minimum Gasteiger partial charge on any atom is -0.340 e. The minimum absolute atomic E-state index is 0.201. The molecule has 1 amide bonds. The van der Waals surface area contributed by atoms with Crippen molar-refractivity contribution >= 4 is 5.91 Å². The van der Waals surface area contributed by atoms with Gasteiger partial charge in [0.15, 0.2) is 0 Å². The molecular weight excluding hydrogens is 314 g/mol. The van der Waals surface area contributed by atoms with E-state index in [-0.39, 0.29) is 5.91 Å². The van der Waals surface area contributed by atoms with Gasteiger partial charge < -0.3 is 4.90 Å². The Morgan fingerprint density at radius 3 is 2.84 bits per heavy atom. The molecule has 1 saturated heterocycles. The van der Waals surface area contributed by atoms with E-state index in [1.807, 2.05) is 33.5 Å². The Kier molecular flexibility index (Phi) is 5.25. The number of nitrogens with zero attached hydrogens (tertiary/aromatic N) is 5. The molecule has 1 aliphatic rings. The highest BCUT2D eigenvalue weighted by Gasteiger charge is 2.26. The topological polar surface area (TPSA) is 56.0 Å². The maximum absolute atomic E-state index is 12.9. The lowest BCUT2D eigenvalue weighted by Gasteiger charge is -2.33. The standard InChI is InChI=1S/C19H29N5O/c1-14(2)12-24-16(4)18(15(3)21-24)11-19(25)22-9-5-7-17(13-22)23-10-6-8-20-23/h6,8,10,14,17H,5,7,9,11-13H2,1-4H3/t17-/m1/s1. The summed E-state index contributed by atoms with van der Waals surface area (Å²) in [6, 6.07) is 2.23.